The molecule has 0 aromatic carbocycles. The van der Waals surface area contributed by atoms with Crippen LogP contribution in [0.25, 0.3) is 0 Å². The third kappa shape index (κ3) is 3.48. The molecule has 1 aliphatic heterocycles. The fourth-order valence-electron chi connectivity index (χ4n) is 8.39. The minimum absolute atomic E-state index is 0.0323. The molecule has 7 nitrogen and oxygen atoms in total. The fraction of sp³-hybridized carbons (Fsp3) is 0.750. The first-order valence-electron chi connectivity index (χ1n) is 13.4. The molecule has 0 radical (unpaired) electrons. The van der Waals surface area contributed by atoms with E-state index < -0.39 is 17.1 Å². The van der Waals surface area contributed by atoms with Gasteiger partial charge in [0, 0.05) is 29.8 Å². The minimum Gasteiger partial charge on any atom is -0.447 e. The van der Waals surface area contributed by atoms with Crippen LogP contribution in [0.5, 0.6) is 0 Å². The molecule has 1 spiro atoms. The highest BCUT2D eigenvalue weighted by Crippen LogP contribution is 2.68. The normalized spacial score (nSPS) is 43.5. The molecule has 4 aliphatic carbocycles. The maximum absolute atomic E-state index is 14.1. The van der Waals surface area contributed by atoms with E-state index in [1.807, 2.05) is 27.1 Å². The van der Waals surface area contributed by atoms with Gasteiger partial charge in [-0.25, -0.2) is 4.99 Å². The summed E-state index contributed by atoms with van der Waals surface area (Å²) >= 11 is 0. The summed E-state index contributed by atoms with van der Waals surface area (Å²) < 4.78 is 6.61. The number of ether oxygens (including phenoxy) is 1. The topological polar surface area (TPSA) is 82.4 Å². The number of hydrogen-bond acceptors (Lipinski definition) is 6. The average Bonchev–Trinajstić information content (AvgIpc) is 3.23. The summed E-state index contributed by atoms with van der Waals surface area (Å²) in [7, 11) is 4.08. The average molecular weight is 484 g/mol. The predicted molar refractivity (Wildman–Crippen MR) is 135 cm³/mol. The van der Waals surface area contributed by atoms with Gasteiger partial charge in [-0.05, 0) is 90.1 Å². The van der Waals surface area contributed by atoms with Gasteiger partial charge in [0.2, 0.25) is 0 Å². The number of aliphatic hydroxyl groups is 1. The summed E-state index contributed by atoms with van der Waals surface area (Å²) in [6.45, 7) is 8.39. The molecular weight excluding hydrogens is 442 g/mol. The number of aliphatic hydroxyl groups excluding tert-OH is 1. The number of carbonyl (C=O) groups excluding carboxylic acids is 2. The Morgan fingerprint density at radius 3 is 2.74 bits per heavy atom. The van der Waals surface area contributed by atoms with Crippen molar-refractivity contribution in [1.29, 1.82) is 0 Å². The lowest BCUT2D eigenvalue weighted by Gasteiger charge is -2.59. The second-order valence-electron chi connectivity index (χ2n) is 12.1. The van der Waals surface area contributed by atoms with Gasteiger partial charge in [-0.1, -0.05) is 25.5 Å². The van der Waals surface area contributed by atoms with Crippen LogP contribution in [0.1, 0.15) is 59.3 Å². The van der Waals surface area contributed by atoms with E-state index in [2.05, 4.69) is 23.7 Å². The van der Waals surface area contributed by atoms with Crippen LogP contribution in [0.3, 0.4) is 0 Å². The summed E-state index contributed by atoms with van der Waals surface area (Å²) in [4.78, 5) is 34.7. The summed E-state index contributed by atoms with van der Waals surface area (Å²) in [5, 5.41) is 11.7. The van der Waals surface area contributed by atoms with Gasteiger partial charge < -0.3 is 14.7 Å². The number of aliphatic imine (C=N–C) groups is 1. The fourth-order valence-corrected chi connectivity index (χ4v) is 8.39. The van der Waals surface area contributed by atoms with Gasteiger partial charge in [0.1, 0.15) is 0 Å². The molecule has 0 aromatic heterocycles. The van der Waals surface area contributed by atoms with E-state index in [1.165, 1.54) is 0 Å². The van der Waals surface area contributed by atoms with Crippen LogP contribution >= 0.6 is 0 Å². The van der Waals surface area contributed by atoms with Gasteiger partial charge in [0.15, 0.2) is 11.4 Å². The Balaban J connectivity index is 1.47. The highest BCUT2D eigenvalue weighted by Gasteiger charge is 2.73. The maximum atomic E-state index is 14.1. The van der Waals surface area contributed by atoms with Crippen molar-refractivity contribution in [2.24, 2.45) is 33.6 Å². The van der Waals surface area contributed by atoms with E-state index in [-0.39, 0.29) is 34.9 Å². The summed E-state index contributed by atoms with van der Waals surface area (Å²) in [5.41, 5.74) is -0.563. The van der Waals surface area contributed by atoms with E-state index in [4.69, 9.17) is 4.74 Å². The lowest BCUT2D eigenvalue weighted by molar-refractivity contribution is -0.168. The molecule has 5 rings (SSSR count). The molecule has 35 heavy (non-hydrogen) atoms. The van der Waals surface area contributed by atoms with E-state index in [0.717, 1.165) is 37.8 Å². The van der Waals surface area contributed by atoms with Gasteiger partial charge in [0.05, 0.1) is 6.10 Å². The Hall–Kier alpha value is -1.99. The molecule has 1 heterocycles. The molecule has 5 aliphatic rings. The predicted octanol–water partition coefficient (Wildman–Crippen LogP) is 3.19. The zero-order valence-corrected chi connectivity index (χ0v) is 21.9. The van der Waals surface area contributed by atoms with Crippen LogP contribution in [-0.2, 0) is 14.3 Å². The van der Waals surface area contributed by atoms with Gasteiger partial charge in [-0.15, -0.1) is 0 Å². The van der Waals surface area contributed by atoms with Crippen LogP contribution in [0.15, 0.2) is 28.8 Å². The molecule has 7 heteroatoms. The zero-order valence-electron chi connectivity index (χ0n) is 21.9. The second kappa shape index (κ2) is 8.55. The second-order valence-corrected chi connectivity index (χ2v) is 12.1. The molecular formula is C28H41N3O4. The lowest BCUT2D eigenvalue weighted by atomic mass is 9.46. The first kappa shape index (κ1) is 24.7. The molecule has 7 atom stereocenters. The number of fused-ring (bicyclic) bond motifs is 6. The number of ketones is 1. The van der Waals surface area contributed by atoms with E-state index in [9.17, 15) is 14.7 Å². The molecule has 1 amide bonds. The largest absolute Gasteiger partial charge is 0.447 e. The molecule has 192 valence electrons. The van der Waals surface area contributed by atoms with E-state index in [0.29, 0.717) is 32.0 Å². The van der Waals surface area contributed by atoms with Crippen LogP contribution in [0.2, 0.25) is 0 Å². The number of hydrogen-bond donors (Lipinski definition) is 1. The number of allylic oxidation sites excluding steroid dienone is 4. The van der Waals surface area contributed by atoms with Crippen molar-refractivity contribution in [3.8, 4) is 0 Å². The van der Waals surface area contributed by atoms with Gasteiger partial charge in [-0.2, -0.15) is 0 Å². The smallest absolute Gasteiger partial charge is 0.295 e. The Morgan fingerprint density at radius 1 is 1.26 bits per heavy atom. The molecule has 1 N–H and O–H groups in total. The number of rotatable bonds is 5. The quantitative estimate of drug-likeness (QED) is 0.650. The molecule has 1 saturated heterocycles. The Morgan fingerprint density at radius 2 is 2.03 bits per heavy atom. The highest BCUT2D eigenvalue weighted by atomic mass is 16.6. The Kier molecular flexibility index (Phi) is 6.03. The van der Waals surface area contributed by atoms with Crippen LogP contribution in [0.4, 0.5) is 0 Å². The van der Waals surface area contributed by atoms with Gasteiger partial charge in [0.25, 0.3) is 11.9 Å². The van der Waals surface area contributed by atoms with Crippen molar-refractivity contribution in [2.45, 2.75) is 71.0 Å². The van der Waals surface area contributed by atoms with Gasteiger partial charge in [-0.3, -0.25) is 14.5 Å². The number of amidine groups is 1. The molecule has 3 saturated carbocycles. The maximum Gasteiger partial charge on any atom is 0.295 e. The van der Waals surface area contributed by atoms with Crippen molar-refractivity contribution in [2.75, 3.05) is 33.7 Å². The highest BCUT2D eigenvalue weighted by molar-refractivity contribution is 6.05. The molecule has 4 fully saturated rings. The van der Waals surface area contributed by atoms with Crippen molar-refractivity contribution >= 4 is 17.7 Å². The van der Waals surface area contributed by atoms with Crippen LogP contribution < -0.4 is 0 Å². The lowest BCUT2D eigenvalue weighted by Crippen LogP contribution is -2.61. The zero-order chi connectivity index (χ0) is 25.2. The minimum atomic E-state index is -0.953. The standard InChI is InChI=1S/C28H41N3O4/c1-6-29-25-31(15-7-14-30(4)5)24(34)28(35-25)13-11-21-20-9-8-18-16-19(32)10-12-26(18,2)23(20)22(33)17-27(21,28)3/h10,12,16,20-23,33H,6-9,11,13-15,17H2,1-5H3/t20-,21-,22-,23+,26-,27-,28-/m0/s1. The van der Waals surface area contributed by atoms with Crippen molar-refractivity contribution < 1.29 is 19.4 Å². The number of amides is 1. The third-order valence-electron chi connectivity index (χ3n) is 9.98. The molecule has 0 aromatic rings. The van der Waals surface area contributed by atoms with Crippen molar-refractivity contribution in [1.82, 2.24) is 9.80 Å². The Bertz CT molecular complexity index is 1000. The van der Waals surface area contributed by atoms with Crippen LogP contribution in [-0.4, -0.2) is 78.1 Å². The number of carbonyl (C=O) groups is 2. The Labute approximate surface area is 209 Å². The van der Waals surface area contributed by atoms with Crippen LogP contribution in [0, 0.1) is 28.6 Å². The molecule has 0 unspecified atom stereocenters. The first-order valence-corrected chi connectivity index (χ1v) is 13.4. The van der Waals surface area contributed by atoms with E-state index >= 15 is 0 Å². The first-order chi connectivity index (χ1) is 16.6. The summed E-state index contributed by atoms with van der Waals surface area (Å²) in [5.74, 6) is 0.706. The van der Waals surface area contributed by atoms with Gasteiger partial charge >= 0.3 is 0 Å². The SMILES string of the molecule is CCN=C1O[C@@]2(CC[C@H]3[C@@H]4CCC5=CC(=O)C=C[C@]5(C)[C@H]4[C@@H](O)C[C@@]32C)C(=O)N1CCCN(C)C. The monoisotopic (exact) mass is 483 g/mol. The molecule has 0 bridgehead atoms. The van der Waals surface area contributed by atoms with Crippen molar-refractivity contribution in [3.05, 3.63) is 23.8 Å². The summed E-state index contributed by atoms with van der Waals surface area (Å²) in [6.07, 6.45) is 9.71. The van der Waals surface area contributed by atoms with E-state index in [1.54, 1.807) is 17.1 Å². The summed E-state index contributed by atoms with van der Waals surface area (Å²) in [6, 6.07) is 0.462. The van der Waals surface area contributed by atoms with Crippen molar-refractivity contribution in [3.63, 3.8) is 0 Å². The third-order valence-corrected chi connectivity index (χ3v) is 9.98. The number of nitrogens with zero attached hydrogens (tertiary/aromatic N) is 3.